The van der Waals surface area contributed by atoms with Crippen molar-refractivity contribution in [3.63, 3.8) is 0 Å². The Morgan fingerprint density at radius 2 is 1.35 bits per heavy atom. The zero-order valence-electron chi connectivity index (χ0n) is 34.1. The van der Waals surface area contributed by atoms with Crippen LogP contribution in [0.4, 0.5) is 0 Å². The van der Waals surface area contributed by atoms with Crippen molar-refractivity contribution in [2.24, 2.45) is 0 Å². The fourth-order valence-corrected chi connectivity index (χ4v) is 7.23. The molecule has 0 spiro atoms. The first-order chi connectivity index (χ1) is 27.5. The number of imidazole rings is 1. The first-order valence-electron chi connectivity index (χ1n) is 19.6. The molecule has 0 aliphatic carbocycles. The maximum atomic E-state index is 7.28. The maximum absolute atomic E-state index is 7.28. The van der Waals surface area contributed by atoms with Crippen molar-refractivity contribution < 1.29 is 28.3 Å². The van der Waals surface area contributed by atoms with Gasteiger partial charge in [0.15, 0.2) is 0 Å². The summed E-state index contributed by atoms with van der Waals surface area (Å²) in [6, 6.07) is 53.3. The van der Waals surface area contributed by atoms with Gasteiger partial charge in [0, 0.05) is 45.7 Å². The summed E-state index contributed by atoms with van der Waals surface area (Å²) in [5.74, 6) is 0.914. The molecule has 0 fully saturated rings. The molecule has 5 heteroatoms. The summed E-state index contributed by atoms with van der Waals surface area (Å²) >= 11 is 1.66. The molecular weight excluding hydrogens is 831 g/mol. The first kappa shape index (κ1) is 28.2. The third-order valence-electron chi connectivity index (χ3n) is 8.74. The van der Waals surface area contributed by atoms with E-state index >= 15 is 0 Å². The molecule has 0 aliphatic heterocycles. The zero-order chi connectivity index (χ0) is 39.7. The molecule has 9 aromatic rings. The number of nitrogens with zero attached hydrogens (tertiary/aromatic N) is 3. The second-order valence-corrected chi connectivity index (χ2v) is 13.0. The van der Waals surface area contributed by atoms with E-state index in [0.29, 0.717) is 11.3 Å². The van der Waals surface area contributed by atoms with E-state index < -0.39 is 13.7 Å². The Kier molecular flexibility index (Phi) is 8.36. The molecule has 0 saturated carbocycles. The Balaban J connectivity index is 0.000000208. The van der Waals surface area contributed by atoms with E-state index in [1.807, 2.05) is 0 Å². The molecule has 0 N–H and O–H groups in total. The van der Waals surface area contributed by atoms with Crippen LogP contribution in [0.25, 0.3) is 71.7 Å². The Morgan fingerprint density at radius 3 is 2.00 bits per heavy atom. The van der Waals surface area contributed by atoms with Crippen LogP contribution in [0.2, 0.25) is 0 Å². The number of aryl methyl sites for hydroxylation is 3. The molecule has 1 radical (unpaired) electrons. The Bertz CT molecular complexity index is 2700. The van der Waals surface area contributed by atoms with Gasteiger partial charge in [-0.05, 0) is 48.3 Å². The van der Waals surface area contributed by atoms with Gasteiger partial charge >= 0.3 is 0 Å². The number of pyridine rings is 1. The van der Waals surface area contributed by atoms with E-state index in [2.05, 4.69) is 149 Å². The van der Waals surface area contributed by atoms with Gasteiger partial charge in [-0.15, -0.1) is 46.8 Å². The van der Waals surface area contributed by atoms with Crippen LogP contribution in [0.5, 0.6) is 0 Å². The number of aromatic nitrogens is 3. The van der Waals surface area contributed by atoms with Crippen LogP contribution in [0, 0.1) is 32.1 Å². The van der Waals surface area contributed by atoms with Crippen LogP contribution < -0.4 is 0 Å². The van der Waals surface area contributed by atoms with Gasteiger partial charge in [-0.25, -0.2) is 0 Å². The molecule has 52 heavy (non-hydrogen) atoms. The summed E-state index contributed by atoms with van der Waals surface area (Å²) in [5, 5.41) is 4.79. The number of hydrogen-bond acceptors (Lipinski definition) is 3. The minimum absolute atomic E-state index is 0. The van der Waals surface area contributed by atoms with Crippen LogP contribution in [0.3, 0.4) is 0 Å². The summed E-state index contributed by atoms with van der Waals surface area (Å²) in [7, 11) is 0. The molecule has 0 bridgehead atoms. The molecule has 3 heterocycles. The molecule has 0 unspecified atom stereocenters. The number of thiophene rings is 1. The number of fused-ring (bicyclic) bond motifs is 2. The van der Waals surface area contributed by atoms with Crippen molar-refractivity contribution >= 4 is 32.5 Å². The maximum Gasteiger partial charge on any atom is 0.0774 e. The standard InChI is InChI=1S/C34H23N2S.C13H12N.Ir/c1-23-19-20-28-29(22-37-32(28)21-23)34-35-30-17-8-9-18-31(30)36(34)33-26(24-11-4-2-5-12-24)15-10-16-27(33)25-13-6-3-7-14-25;1-10-3-6-12(7-4-10)13-8-5-11(2)9-14-13;/h2-21H,1H3;3-6,8-9H,1-2H3;/q2*-1;/i;1D3,2D3;. The van der Waals surface area contributed by atoms with Crippen LogP contribution in [-0.2, 0) is 20.1 Å². The van der Waals surface area contributed by atoms with E-state index in [1.165, 1.54) is 62.3 Å². The topological polar surface area (TPSA) is 30.7 Å². The predicted octanol–water partition coefficient (Wildman–Crippen LogP) is 12.5. The van der Waals surface area contributed by atoms with E-state index in [4.69, 9.17) is 13.2 Å². The van der Waals surface area contributed by atoms with E-state index in [0.717, 1.165) is 28.1 Å². The van der Waals surface area contributed by atoms with E-state index in [-0.39, 0.29) is 31.2 Å². The fraction of sp³-hybridized carbons (Fsp3) is 0.0638. The molecule has 0 saturated heterocycles. The number of para-hydroxylation sites is 3. The summed E-state index contributed by atoms with van der Waals surface area (Å²) in [5.41, 5.74) is 11.7. The molecule has 0 aliphatic rings. The Hall–Kier alpha value is -5.45. The average Bonchev–Trinajstić information content (AvgIpc) is 3.82. The third-order valence-corrected chi connectivity index (χ3v) is 9.60. The second kappa shape index (κ2) is 15.4. The SMILES string of the molecule is Cc1ccc2c(-c3nc4ccccc4n3-c3c(-c4ccccc4)cccc3-c3ccccc3)[c-]sc2c1.[2H]C([2H])([2H])c1c[c-]c(-c2ccc(C([2H])([2H])[2H])cn2)cc1.[Ir]. The summed E-state index contributed by atoms with van der Waals surface area (Å²) in [6.07, 6.45) is 1.30. The molecule has 0 amide bonds. The minimum atomic E-state index is -2.18. The Morgan fingerprint density at radius 1 is 0.673 bits per heavy atom. The predicted molar refractivity (Wildman–Crippen MR) is 214 cm³/mol. The summed E-state index contributed by atoms with van der Waals surface area (Å²) in [6.45, 7) is -2.20. The average molecular weight is 872 g/mol. The van der Waals surface area contributed by atoms with Crippen LogP contribution >= 0.6 is 11.3 Å². The van der Waals surface area contributed by atoms with Crippen molar-refractivity contribution in [2.75, 3.05) is 0 Å². The number of rotatable bonds is 5. The smallest absolute Gasteiger partial charge is 0.0774 e. The van der Waals surface area contributed by atoms with Crippen molar-refractivity contribution in [1.29, 1.82) is 0 Å². The molecule has 9 rings (SSSR count). The van der Waals surface area contributed by atoms with E-state index in [1.54, 1.807) is 23.5 Å². The van der Waals surface area contributed by atoms with Gasteiger partial charge < -0.3 is 9.55 Å². The van der Waals surface area contributed by atoms with E-state index in [9.17, 15) is 0 Å². The fourth-order valence-electron chi connectivity index (χ4n) is 6.29. The normalized spacial score (nSPS) is 13.0. The molecule has 255 valence electrons. The van der Waals surface area contributed by atoms with Gasteiger partial charge in [0.05, 0.1) is 22.5 Å². The largest absolute Gasteiger partial charge is 0.332 e. The van der Waals surface area contributed by atoms with Gasteiger partial charge in [-0.1, -0.05) is 143 Å². The number of benzene rings is 6. The summed E-state index contributed by atoms with van der Waals surface area (Å²) in [4.78, 5) is 9.29. The van der Waals surface area contributed by atoms with Crippen molar-refractivity contribution in [3.05, 3.63) is 186 Å². The minimum Gasteiger partial charge on any atom is -0.332 e. The molecule has 3 aromatic heterocycles. The van der Waals surface area contributed by atoms with Gasteiger partial charge in [0.25, 0.3) is 0 Å². The van der Waals surface area contributed by atoms with Crippen LogP contribution in [0.15, 0.2) is 158 Å². The van der Waals surface area contributed by atoms with Gasteiger partial charge in [0.1, 0.15) is 0 Å². The number of hydrogen-bond donors (Lipinski definition) is 0. The second-order valence-electron chi connectivity index (χ2n) is 12.2. The Labute approximate surface area is 331 Å². The summed E-state index contributed by atoms with van der Waals surface area (Å²) < 4.78 is 47.2. The first-order valence-corrected chi connectivity index (χ1v) is 17.4. The van der Waals surface area contributed by atoms with Crippen LogP contribution in [-0.4, -0.2) is 14.5 Å². The van der Waals surface area contributed by atoms with Gasteiger partial charge in [-0.3, -0.25) is 16.3 Å². The molecular formula is C47H35IrN3S-2. The molecule has 0 atom stereocenters. The monoisotopic (exact) mass is 872 g/mol. The quantitative estimate of drug-likeness (QED) is 0.161. The van der Waals surface area contributed by atoms with Crippen molar-refractivity contribution in [1.82, 2.24) is 14.5 Å². The third kappa shape index (κ3) is 7.04. The zero-order valence-corrected chi connectivity index (χ0v) is 31.3. The van der Waals surface area contributed by atoms with Crippen molar-refractivity contribution in [2.45, 2.75) is 20.6 Å². The van der Waals surface area contributed by atoms with Crippen LogP contribution in [0.1, 0.15) is 24.9 Å². The van der Waals surface area contributed by atoms with Crippen molar-refractivity contribution in [3.8, 4) is 50.6 Å². The molecule has 3 nitrogen and oxygen atoms in total. The molecule has 6 aromatic carbocycles. The van der Waals surface area contributed by atoms with Gasteiger partial charge in [0.2, 0.25) is 0 Å². The van der Waals surface area contributed by atoms with Gasteiger partial charge in [-0.2, -0.15) is 0 Å².